The number of benzene rings is 2. The van der Waals surface area contributed by atoms with E-state index in [1.807, 2.05) is 60.4 Å². The number of amides is 1. The van der Waals surface area contributed by atoms with Crippen molar-refractivity contribution in [3.8, 4) is 0 Å². The van der Waals surface area contributed by atoms with Crippen molar-refractivity contribution in [2.75, 3.05) is 11.4 Å². The number of rotatable bonds is 7. The summed E-state index contributed by atoms with van der Waals surface area (Å²) in [6.45, 7) is 7.24. The summed E-state index contributed by atoms with van der Waals surface area (Å²) in [7, 11) is 0. The minimum absolute atomic E-state index is 0.173. The second kappa shape index (κ2) is 9.13. The number of nitrogens with one attached hydrogen (secondary N) is 1. The summed E-state index contributed by atoms with van der Waals surface area (Å²) in [5.41, 5.74) is 3.26. The fraction of sp³-hybridized carbons (Fsp3) is 0.261. The number of hydrogen-bond acceptors (Lipinski definition) is 4. The Morgan fingerprint density at radius 2 is 1.64 bits per heavy atom. The molecule has 5 heteroatoms. The topological polar surface area (TPSA) is 58.1 Å². The Hall–Kier alpha value is -3.21. The van der Waals surface area contributed by atoms with Crippen LogP contribution >= 0.6 is 0 Å². The quantitative estimate of drug-likeness (QED) is 0.661. The molecule has 0 spiro atoms. The van der Waals surface area contributed by atoms with Crippen LogP contribution in [-0.4, -0.2) is 22.4 Å². The van der Waals surface area contributed by atoms with E-state index in [1.165, 1.54) is 0 Å². The molecule has 0 aliphatic rings. The predicted molar refractivity (Wildman–Crippen MR) is 113 cm³/mol. The Kier molecular flexibility index (Phi) is 6.37. The molecule has 3 aromatic rings. The molecular weight excluding hydrogens is 348 g/mol. The van der Waals surface area contributed by atoms with Crippen molar-refractivity contribution in [2.24, 2.45) is 5.92 Å². The average molecular weight is 374 g/mol. The first-order valence-electron chi connectivity index (χ1n) is 9.53. The van der Waals surface area contributed by atoms with Crippen LogP contribution in [0, 0.1) is 12.8 Å². The van der Waals surface area contributed by atoms with Gasteiger partial charge in [0.05, 0.1) is 6.54 Å². The number of aryl methyl sites for hydroxylation is 1. The largest absolute Gasteiger partial charge is 0.350 e. The van der Waals surface area contributed by atoms with Gasteiger partial charge in [0.2, 0.25) is 5.95 Å². The zero-order chi connectivity index (χ0) is 19.9. The van der Waals surface area contributed by atoms with E-state index < -0.39 is 0 Å². The molecular formula is C23H26N4O. The lowest BCUT2D eigenvalue weighted by Crippen LogP contribution is -2.29. The zero-order valence-electron chi connectivity index (χ0n) is 16.6. The van der Waals surface area contributed by atoms with Crippen molar-refractivity contribution in [1.82, 2.24) is 15.3 Å². The van der Waals surface area contributed by atoms with Gasteiger partial charge in [-0.1, -0.05) is 62.4 Å². The van der Waals surface area contributed by atoms with Gasteiger partial charge in [-0.05, 0) is 36.6 Å². The molecule has 2 aromatic carbocycles. The summed E-state index contributed by atoms with van der Waals surface area (Å²) in [5.74, 6) is 0.725. The van der Waals surface area contributed by atoms with Crippen molar-refractivity contribution in [2.45, 2.75) is 27.3 Å². The molecule has 0 radical (unpaired) electrons. The fourth-order valence-electron chi connectivity index (χ4n) is 2.83. The van der Waals surface area contributed by atoms with Crippen molar-refractivity contribution in [3.05, 3.63) is 83.7 Å². The second-order valence-corrected chi connectivity index (χ2v) is 7.21. The first kappa shape index (κ1) is 19.5. The molecule has 1 amide bonds. The van der Waals surface area contributed by atoms with Gasteiger partial charge in [-0.3, -0.25) is 4.79 Å². The van der Waals surface area contributed by atoms with E-state index in [-0.39, 0.29) is 5.91 Å². The third kappa shape index (κ3) is 5.16. The molecule has 3 rings (SSSR count). The molecule has 0 saturated heterocycles. The van der Waals surface area contributed by atoms with Crippen LogP contribution in [0.4, 0.5) is 11.6 Å². The van der Waals surface area contributed by atoms with Crippen molar-refractivity contribution in [1.29, 1.82) is 0 Å². The number of aromatic nitrogens is 2. The molecule has 0 aliphatic carbocycles. The van der Waals surface area contributed by atoms with E-state index in [0.29, 0.717) is 30.6 Å². The van der Waals surface area contributed by atoms with Gasteiger partial charge in [-0.25, -0.2) is 9.97 Å². The number of hydrogen-bond donors (Lipinski definition) is 1. The van der Waals surface area contributed by atoms with E-state index in [2.05, 4.69) is 41.3 Å². The van der Waals surface area contributed by atoms with Crippen LogP contribution in [0.1, 0.15) is 35.6 Å². The highest BCUT2D eigenvalue weighted by Gasteiger charge is 2.17. The SMILES string of the molecule is Cc1cc(C(=O)NCC(C)C)nc(N(Cc2ccccc2)c2ccccc2)n1. The lowest BCUT2D eigenvalue weighted by atomic mass is 10.2. The highest BCUT2D eigenvalue weighted by Crippen LogP contribution is 2.25. The van der Waals surface area contributed by atoms with E-state index in [0.717, 1.165) is 16.9 Å². The van der Waals surface area contributed by atoms with Crippen molar-refractivity contribution < 1.29 is 4.79 Å². The van der Waals surface area contributed by atoms with Crippen molar-refractivity contribution >= 4 is 17.5 Å². The molecule has 0 fully saturated rings. The minimum Gasteiger partial charge on any atom is -0.350 e. The Morgan fingerprint density at radius 3 is 2.29 bits per heavy atom. The van der Waals surface area contributed by atoms with Crippen LogP contribution in [0.3, 0.4) is 0 Å². The molecule has 1 aromatic heterocycles. The first-order chi connectivity index (χ1) is 13.5. The first-order valence-corrected chi connectivity index (χ1v) is 9.53. The Bertz CT molecular complexity index is 910. The number of anilines is 2. The fourth-order valence-corrected chi connectivity index (χ4v) is 2.83. The zero-order valence-corrected chi connectivity index (χ0v) is 16.6. The Labute approximate surface area is 166 Å². The van der Waals surface area contributed by atoms with Crippen LogP contribution in [0.25, 0.3) is 0 Å². The number of carbonyl (C=O) groups excluding carboxylic acids is 1. The maximum Gasteiger partial charge on any atom is 0.270 e. The summed E-state index contributed by atoms with van der Waals surface area (Å²) in [4.78, 5) is 23.8. The monoisotopic (exact) mass is 374 g/mol. The molecule has 144 valence electrons. The average Bonchev–Trinajstić information content (AvgIpc) is 2.71. The Morgan fingerprint density at radius 1 is 1.00 bits per heavy atom. The van der Waals surface area contributed by atoms with Gasteiger partial charge in [-0.15, -0.1) is 0 Å². The van der Waals surface area contributed by atoms with Crippen LogP contribution < -0.4 is 10.2 Å². The summed E-state index contributed by atoms with van der Waals surface area (Å²) in [6, 6.07) is 21.9. The molecule has 0 atom stereocenters. The summed E-state index contributed by atoms with van der Waals surface area (Å²) >= 11 is 0. The third-order valence-corrected chi connectivity index (χ3v) is 4.24. The third-order valence-electron chi connectivity index (χ3n) is 4.24. The molecule has 0 aliphatic heterocycles. The van der Waals surface area contributed by atoms with Crippen LogP contribution in [0.2, 0.25) is 0 Å². The van der Waals surface area contributed by atoms with Crippen molar-refractivity contribution in [3.63, 3.8) is 0 Å². The molecule has 28 heavy (non-hydrogen) atoms. The van der Waals surface area contributed by atoms with E-state index in [4.69, 9.17) is 0 Å². The molecule has 1 heterocycles. The van der Waals surface area contributed by atoms with E-state index >= 15 is 0 Å². The smallest absolute Gasteiger partial charge is 0.270 e. The molecule has 5 nitrogen and oxygen atoms in total. The number of para-hydroxylation sites is 1. The minimum atomic E-state index is -0.173. The normalized spacial score (nSPS) is 10.7. The van der Waals surface area contributed by atoms with Gasteiger partial charge >= 0.3 is 0 Å². The summed E-state index contributed by atoms with van der Waals surface area (Å²) < 4.78 is 0. The van der Waals surface area contributed by atoms with Gasteiger partial charge in [0.15, 0.2) is 0 Å². The van der Waals surface area contributed by atoms with Gasteiger partial charge in [-0.2, -0.15) is 0 Å². The maximum atomic E-state index is 12.6. The van der Waals surface area contributed by atoms with Gasteiger partial charge in [0, 0.05) is 17.9 Å². The van der Waals surface area contributed by atoms with Crippen LogP contribution in [0.5, 0.6) is 0 Å². The highest BCUT2D eigenvalue weighted by molar-refractivity contribution is 5.92. The van der Waals surface area contributed by atoms with E-state index in [1.54, 1.807) is 6.07 Å². The highest BCUT2D eigenvalue weighted by atomic mass is 16.1. The summed E-state index contributed by atoms with van der Waals surface area (Å²) in [5, 5.41) is 2.93. The van der Waals surface area contributed by atoms with Gasteiger partial charge in [0.25, 0.3) is 5.91 Å². The molecule has 0 saturated carbocycles. The van der Waals surface area contributed by atoms with Crippen LogP contribution in [0.15, 0.2) is 66.7 Å². The van der Waals surface area contributed by atoms with Gasteiger partial charge in [0.1, 0.15) is 5.69 Å². The number of carbonyl (C=O) groups is 1. The standard InChI is InChI=1S/C23H26N4O/c1-17(2)15-24-22(28)21-14-18(3)25-23(26-21)27(20-12-8-5-9-13-20)16-19-10-6-4-7-11-19/h4-14,17H,15-16H2,1-3H3,(H,24,28). The molecule has 0 unspecified atom stereocenters. The lowest BCUT2D eigenvalue weighted by Gasteiger charge is -2.23. The lowest BCUT2D eigenvalue weighted by molar-refractivity contribution is 0.0944. The maximum absolute atomic E-state index is 12.6. The van der Waals surface area contributed by atoms with E-state index in [9.17, 15) is 4.79 Å². The second-order valence-electron chi connectivity index (χ2n) is 7.21. The summed E-state index contributed by atoms with van der Waals surface area (Å²) in [6.07, 6.45) is 0. The molecule has 0 bridgehead atoms. The molecule has 1 N–H and O–H groups in total. The van der Waals surface area contributed by atoms with Gasteiger partial charge < -0.3 is 10.2 Å². The van der Waals surface area contributed by atoms with Crippen LogP contribution in [-0.2, 0) is 6.54 Å². The predicted octanol–water partition coefficient (Wildman–Crippen LogP) is 4.51. The Balaban J connectivity index is 1.96. The number of nitrogens with zero attached hydrogens (tertiary/aromatic N) is 3.